The molecular formula is C17H17N3. The summed E-state index contributed by atoms with van der Waals surface area (Å²) in [7, 11) is 4.15. The Balaban J connectivity index is 1.81. The molecule has 3 heteroatoms. The highest BCUT2D eigenvalue weighted by atomic mass is 15.2. The molecule has 0 bridgehead atoms. The van der Waals surface area contributed by atoms with Crippen molar-refractivity contribution in [3.8, 4) is 11.1 Å². The van der Waals surface area contributed by atoms with Gasteiger partial charge in [-0.25, -0.2) is 0 Å². The first kappa shape index (κ1) is 11.7. The quantitative estimate of drug-likeness (QED) is 0.672. The molecule has 0 unspecified atom stereocenters. The predicted molar refractivity (Wildman–Crippen MR) is 81.3 cm³/mol. The number of rotatable bonds is 1. The van der Waals surface area contributed by atoms with Crippen LogP contribution in [0, 0.1) is 0 Å². The fourth-order valence-corrected chi connectivity index (χ4v) is 3.09. The van der Waals surface area contributed by atoms with Gasteiger partial charge in [0, 0.05) is 25.5 Å². The number of nitrogens with zero attached hydrogens (tertiary/aromatic N) is 3. The molecule has 0 spiro atoms. The van der Waals surface area contributed by atoms with Crippen molar-refractivity contribution in [3.05, 3.63) is 53.7 Å². The second-order valence-corrected chi connectivity index (χ2v) is 5.70. The highest BCUT2D eigenvalue weighted by molar-refractivity contribution is 5.84. The number of hydrogen-bond donors (Lipinski definition) is 0. The van der Waals surface area contributed by atoms with Crippen LogP contribution in [0.4, 0.5) is 0 Å². The van der Waals surface area contributed by atoms with E-state index in [0.717, 1.165) is 13.1 Å². The fourth-order valence-electron chi connectivity index (χ4n) is 3.09. The first-order valence-electron chi connectivity index (χ1n) is 6.93. The van der Waals surface area contributed by atoms with Crippen molar-refractivity contribution in [1.29, 1.82) is 0 Å². The summed E-state index contributed by atoms with van der Waals surface area (Å²) in [5.74, 6) is 0. The lowest BCUT2D eigenvalue weighted by atomic mass is 10.00. The molecule has 1 aliphatic heterocycles. The molecule has 0 N–H and O–H groups in total. The third-order valence-corrected chi connectivity index (χ3v) is 4.17. The average Bonchev–Trinajstić information content (AvgIpc) is 3.00. The van der Waals surface area contributed by atoms with Crippen LogP contribution < -0.4 is 0 Å². The molecule has 0 atom stereocenters. The monoisotopic (exact) mass is 263 g/mol. The number of hydrogen-bond acceptors (Lipinski definition) is 2. The first-order chi connectivity index (χ1) is 9.70. The number of aromatic nitrogens is 2. The number of benzene rings is 2. The van der Waals surface area contributed by atoms with Crippen molar-refractivity contribution in [1.82, 2.24) is 14.7 Å². The molecule has 2 heterocycles. The molecule has 4 rings (SSSR count). The lowest BCUT2D eigenvalue weighted by Crippen LogP contribution is -2.07. The summed E-state index contributed by atoms with van der Waals surface area (Å²) >= 11 is 0. The van der Waals surface area contributed by atoms with Crippen molar-refractivity contribution in [2.75, 3.05) is 7.05 Å². The van der Waals surface area contributed by atoms with Gasteiger partial charge in [-0.15, -0.1) is 0 Å². The summed E-state index contributed by atoms with van der Waals surface area (Å²) in [5, 5.41) is 5.51. The van der Waals surface area contributed by atoms with E-state index < -0.39 is 0 Å². The largest absolute Gasteiger partial charge is 0.298 e. The number of fused-ring (bicyclic) bond motifs is 2. The standard InChI is InChI=1S/C17H17N3/c1-19-10-14-4-3-12(8-16(14)11-19)13-5-6-17-15(7-13)9-18-20(17)2/h3-9H,10-11H2,1-2H3. The van der Waals surface area contributed by atoms with Crippen LogP contribution in [0.1, 0.15) is 11.1 Å². The van der Waals surface area contributed by atoms with E-state index in [1.165, 1.54) is 33.2 Å². The van der Waals surface area contributed by atoms with Gasteiger partial charge in [0.25, 0.3) is 0 Å². The molecule has 1 aliphatic rings. The van der Waals surface area contributed by atoms with Crippen LogP contribution in [0.3, 0.4) is 0 Å². The molecular weight excluding hydrogens is 246 g/mol. The van der Waals surface area contributed by atoms with E-state index in [1.807, 2.05) is 17.9 Å². The molecule has 1 aromatic heterocycles. The summed E-state index contributed by atoms with van der Waals surface area (Å²) in [6.07, 6.45) is 1.93. The Morgan fingerprint density at radius 3 is 2.55 bits per heavy atom. The second-order valence-electron chi connectivity index (χ2n) is 5.70. The molecule has 100 valence electrons. The van der Waals surface area contributed by atoms with Crippen molar-refractivity contribution in [3.63, 3.8) is 0 Å². The summed E-state index contributed by atoms with van der Waals surface area (Å²) in [6.45, 7) is 2.12. The summed E-state index contributed by atoms with van der Waals surface area (Å²) in [4.78, 5) is 2.35. The van der Waals surface area contributed by atoms with Gasteiger partial charge in [-0.2, -0.15) is 5.10 Å². The van der Waals surface area contributed by atoms with Crippen LogP contribution in [0.25, 0.3) is 22.0 Å². The minimum Gasteiger partial charge on any atom is -0.298 e. The van der Waals surface area contributed by atoms with Gasteiger partial charge < -0.3 is 0 Å². The zero-order valence-electron chi connectivity index (χ0n) is 11.8. The molecule has 0 radical (unpaired) electrons. The minimum atomic E-state index is 1.05. The van der Waals surface area contributed by atoms with Crippen LogP contribution in [-0.2, 0) is 20.1 Å². The van der Waals surface area contributed by atoms with E-state index in [2.05, 4.69) is 53.4 Å². The Morgan fingerprint density at radius 2 is 1.65 bits per heavy atom. The molecule has 0 aliphatic carbocycles. The predicted octanol–water partition coefficient (Wildman–Crippen LogP) is 3.19. The van der Waals surface area contributed by atoms with Crippen molar-refractivity contribution >= 4 is 10.9 Å². The van der Waals surface area contributed by atoms with E-state index in [-0.39, 0.29) is 0 Å². The van der Waals surface area contributed by atoms with E-state index in [4.69, 9.17) is 0 Å². The molecule has 3 nitrogen and oxygen atoms in total. The third-order valence-electron chi connectivity index (χ3n) is 4.17. The SMILES string of the molecule is CN1Cc2ccc(-c3ccc4c(cnn4C)c3)cc2C1. The van der Waals surface area contributed by atoms with Gasteiger partial charge in [0.1, 0.15) is 0 Å². The van der Waals surface area contributed by atoms with Gasteiger partial charge in [0.15, 0.2) is 0 Å². The van der Waals surface area contributed by atoms with Crippen molar-refractivity contribution in [2.24, 2.45) is 7.05 Å². The Hall–Kier alpha value is -2.13. The zero-order valence-corrected chi connectivity index (χ0v) is 11.8. The van der Waals surface area contributed by atoms with Crippen molar-refractivity contribution in [2.45, 2.75) is 13.1 Å². The lowest BCUT2D eigenvalue weighted by molar-refractivity contribution is 0.353. The molecule has 3 aromatic rings. The van der Waals surface area contributed by atoms with Gasteiger partial charge in [-0.3, -0.25) is 9.58 Å². The fraction of sp³-hybridized carbons (Fsp3) is 0.235. The summed E-state index contributed by atoms with van der Waals surface area (Å²) in [6, 6.07) is 13.4. The topological polar surface area (TPSA) is 21.1 Å². The molecule has 0 saturated heterocycles. The van der Waals surface area contributed by atoms with Crippen LogP contribution in [-0.4, -0.2) is 21.7 Å². The maximum absolute atomic E-state index is 4.31. The molecule has 20 heavy (non-hydrogen) atoms. The molecule has 0 fully saturated rings. The van der Waals surface area contributed by atoms with Crippen LogP contribution >= 0.6 is 0 Å². The van der Waals surface area contributed by atoms with Crippen LogP contribution in [0.2, 0.25) is 0 Å². The normalized spacial score (nSPS) is 14.9. The second kappa shape index (κ2) is 4.18. The van der Waals surface area contributed by atoms with E-state index in [0.29, 0.717) is 0 Å². The highest BCUT2D eigenvalue weighted by Gasteiger charge is 2.15. The summed E-state index contributed by atoms with van der Waals surface area (Å²) < 4.78 is 1.91. The highest BCUT2D eigenvalue weighted by Crippen LogP contribution is 2.29. The van der Waals surface area contributed by atoms with Crippen LogP contribution in [0.15, 0.2) is 42.6 Å². The maximum atomic E-state index is 4.31. The van der Waals surface area contributed by atoms with Gasteiger partial charge in [-0.1, -0.05) is 18.2 Å². The summed E-state index contributed by atoms with van der Waals surface area (Å²) in [5.41, 5.74) is 6.65. The van der Waals surface area contributed by atoms with E-state index in [1.54, 1.807) is 0 Å². The van der Waals surface area contributed by atoms with Gasteiger partial charge >= 0.3 is 0 Å². The van der Waals surface area contributed by atoms with E-state index >= 15 is 0 Å². The lowest BCUT2D eigenvalue weighted by Gasteiger charge is -2.05. The van der Waals surface area contributed by atoms with Gasteiger partial charge in [0.05, 0.1) is 11.7 Å². The Morgan fingerprint density at radius 1 is 0.900 bits per heavy atom. The minimum absolute atomic E-state index is 1.05. The molecule has 2 aromatic carbocycles. The van der Waals surface area contributed by atoms with Gasteiger partial charge in [-0.05, 0) is 47.5 Å². The van der Waals surface area contributed by atoms with Crippen LogP contribution in [0.5, 0.6) is 0 Å². The Kier molecular flexibility index (Phi) is 2.44. The number of aryl methyl sites for hydroxylation is 1. The smallest absolute Gasteiger partial charge is 0.0679 e. The van der Waals surface area contributed by atoms with Gasteiger partial charge in [0.2, 0.25) is 0 Å². The average molecular weight is 263 g/mol. The Bertz CT molecular complexity index is 801. The maximum Gasteiger partial charge on any atom is 0.0679 e. The zero-order chi connectivity index (χ0) is 13.7. The molecule has 0 saturated carbocycles. The molecule has 0 amide bonds. The Labute approximate surface area is 118 Å². The first-order valence-corrected chi connectivity index (χ1v) is 6.93. The third kappa shape index (κ3) is 1.74. The van der Waals surface area contributed by atoms with E-state index in [9.17, 15) is 0 Å². The van der Waals surface area contributed by atoms with Crippen molar-refractivity contribution < 1.29 is 0 Å².